The summed E-state index contributed by atoms with van der Waals surface area (Å²) in [6.07, 6.45) is 4.72. The largest absolute Gasteiger partial charge is 0.858 e. The molecule has 0 bridgehead atoms. The van der Waals surface area contributed by atoms with Crippen molar-refractivity contribution in [1.82, 2.24) is 9.78 Å². The lowest BCUT2D eigenvalue weighted by molar-refractivity contribution is -0.868. The van der Waals surface area contributed by atoms with Gasteiger partial charge in [0.2, 0.25) is 5.91 Å². The first kappa shape index (κ1) is 34.8. The third kappa shape index (κ3) is 8.51. The summed E-state index contributed by atoms with van der Waals surface area (Å²) in [5.41, 5.74) is 2.52. The Morgan fingerprint density at radius 2 is 1.90 bits per heavy atom. The number of quaternary nitrogens is 1. The molecular formula is C36H40ClF2N5O4. The van der Waals surface area contributed by atoms with Gasteiger partial charge in [-0.2, -0.15) is 5.10 Å². The molecule has 3 aromatic carbocycles. The number of rotatable bonds is 12. The highest BCUT2D eigenvalue weighted by Crippen LogP contribution is 2.40. The number of anilines is 1. The summed E-state index contributed by atoms with van der Waals surface area (Å²) < 4.78 is 44.2. The number of carbonyl (C=O) groups excluding carboxylic acids is 1. The van der Waals surface area contributed by atoms with Crippen molar-refractivity contribution >= 4 is 29.1 Å². The maximum Gasteiger partial charge on any atom is 0.227 e. The molecule has 9 nitrogen and oxygen atoms in total. The molecule has 0 saturated carbocycles. The summed E-state index contributed by atoms with van der Waals surface area (Å²) in [5.74, 6) is -1.16. The van der Waals surface area contributed by atoms with Crippen LogP contribution in [0.5, 0.6) is 11.5 Å². The van der Waals surface area contributed by atoms with E-state index >= 15 is 8.78 Å². The number of hydrogen-bond donors (Lipinski definition) is 0. The van der Waals surface area contributed by atoms with Crippen molar-refractivity contribution in [3.05, 3.63) is 94.3 Å². The number of benzene rings is 3. The molecule has 5 rings (SSSR count). The number of fused-ring (bicyclic) bond motifs is 1. The Hall–Kier alpha value is -4.48. The summed E-state index contributed by atoms with van der Waals surface area (Å²) in [6.45, 7) is 3.86. The van der Waals surface area contributed by atoms with Gasteiger partial charge in [-0.25, -0.2) is 8.78 Å². The highest BCUT2D eigenvalue weighted by Gasteiger charge is 2.25. The average Bonchev–Trinajstić information content (AvgIpc) is 3.39. The number of para-hydroxylation sites is 1. The van der Waals surface area contributed by atoms with Crippen molar-refractivity contribution in [3.8, 4) is 22.6 Å². The second-order valence-corrected chi connectivity index (χ2v) is 13.2. The Kier molecular flexibility index (Phi) is 11.0. The zero-order chi connectivity index (χ0) is 34.4. The maximum absolute atomic E-state index is 15.1. The van der Waals surface area contributed by atoms with E-state index in [2.05, 4.69) is 10.1 Å². The molecule has 2 heterocycles. The SMILES string of the molecule is Cc1c(Cl)cccc1OCCCC(=O)N1CCCOc2c(-c3cnn(Cc4c(F)cc(C([O-])=NCC[N+](C)(C)C)cc4F)c3)cccc21. The van der Waals surface area contributed by atoms with Crippen LogP contribution < -0.4 is 19.5 Å². The highest BCUT2D eigenvalue weighted by atomic mass is 35.5. The first-order valence-corrected chi connectivity index (χ1v) is 16.3. The summed E-state index contributed by atoms with van der Waals surface area (Å²) >= 11 is 6.18. The van der Waals surface area contributed by atoms with Crippen molar-refractivity contribution in [2.45, 2.75) is 32.7 Å². The Labute approximate surface area is 284 Å². The van der Waals surface area contributed by atoms with Crippen LogP contribution >= 0.6 is 11.6 Å². The number of aromatic nitrogens is 2. The fourth-order valence-corrected chi connectivity index (χ4v) is 5.51. The quantitative estimate of drug-likeness (QED) is 0.0839. The Balaban J connectivity index is 1.28. The van der Waals surface area contributed by atoms with Gasteiger partial charge >= 0.3 is 0 Å². The molecule has 0 aliphatic carbocycles. The summed E-state index contributed by atoms with van der Waals surface area (Å²) in [7, 11) is 5.90. The fraction of sp³-hybridized carbons (Fsp3) is 0.361. The van der Waals surface area contributed by atoms with Crippen molar-refractivity contribution in [1.29, 1.82) is 0 Å². The van der Waals surface area contributed by atoms with Crippen LogP contribution in [-0.2, 0) is 11.3 Å². The summed E-state index contributed by atoms with van der Waals surface area (Å²) in [6, 6.07) is 13.1. The van der Waals surface area contributed by atoms with Gasteiger partial charge in [-0.1, -0.05) is 29.8 Å². The number of amides is 1. The number of likely N-dealkylation sites (N-methyl/N-ethyl adjacent to an activating group) is 1. The molecule has 0 fully saturated rings. The van der Waals surface area contributed by atoms with Crippen LogP contribution in [0, 0.1) is 18.6 Å². The van der Waals surface area contributed by atoms with E-state index < -0.39 is 17.5 Å². The Bertz CT molecular complexity index is 1780. The lowest BCUT2D eigenvalue weighted by Gasteiger charge is -2.23. The molecule has 1 aliphatic rings. The zero-order valence-electron chi connectivity index (χ0n) is 27.6. The smallest absolute Gasteiger partial charge is 0.227 e. The van der Waals surface area contributed by atoms with Crippen LogP contribution in [-0.4, -0.2) is 80.1 Å². The van der Waals surface area contributed by atoms with E-state index in [-0.39, 0.29) is 36.5 Å². The third-order valence-corrected chi connectivity index (χ3v) is 8.46. The predicted octanol–water partition coefficient (Wildman–Crippen LogP) is 5.63. The maximum atomic E-state index is 15.1. The van der Waals surface area contributed by atoms with Gasteiger partial charge in [0.1, 0.15) is 17.4 Å². The standard InChI is InChI=1S/C36H40ClF2N5O4/c1-24-29(37)10-6-12-33(24)47-17-7-13-34(45)43-15-8-18-48-35-27(9-5-11-32(35)43)26-21-41-42(22-26)23-28-30(38)19-25(20-31(28)39)36(46)40-14-16-44(2,3)4/h5-6,9-12,19-22H,7-8,13-18,23H2,1-4H3. The van der Waals surface area contributed by atoms with Gasteiger partial charge in [0, 0.05) is 46.4 Å². The van der Waals surface area contributed by atoms with Gasteiger partial charge in [0.05, 0.1) is 65.9 Å². The second kappa shape index (κ2) is 15.2. The average molecular weight is 680 g/mol. The van der Waals surface area contributed by atoms with Crippen LogP contribution in [0.2, 0.25) is 5.02 Å². The van der Waals surface area contributed by atoms with Gasteiger partial charge in [0.25, 0.3) is 0 Å². The molecule has 0 atom stereocenters. The molecular weight excluding hydrogens is 640 g/mol. The molecule has 0 spiro atoms. The van der Waals surface area contributed by atoms with Gasteiger partial charge in [-0.3, -0.25) is 14.5 Å². The van der Waals surface area contributed by atoms with Gasteiger partial charge in [-0.05, 0) is 61.6 Å². The predicted molar refractivity (Wildman–Crippen MR) is 181 cm³/mol. The molecule has 0 N–H and O–H groups in total. The highest BCUT2D eigenvalue weighted by molar-refractivity contribution is 6.31. The number of halogens is 3. The Morgan fingerprint density at radius 3 is 2.65 bits per heavy atom. The molecule has 1 amide bonds. The molecule has 254 valence electrons. The van der Waals surface area contributed by atoms with Crippen LogP contribution in [0.1, 0.15) is 36.0 Å². The fourth-order valence-electron chi connectivity index (χ4n) is 5.35. The molecule has 1 aliphatic heterocycles. The molecule has 0 unspecified atom stereocenters. The van der Waals surface area contributed by atoms with Crippen LogP contribution in [0.4, 0.5) is 14.5 Å². The number of aliphatic imine (C=N–C) groups is 1. The summed E-state index contributed by atoms with van der Waals surface area (Å²) in [5, 5.41) is 17.4. The monoisotopic (exact) mass is 679 g/mol. The lowest BCUT2D eigenvalue weighted by Crippen LogP contribution is -2.37. The molecule has 12 heteroatoms. The van der Waals surface area contributed by atoms with E-state index in [0.29, 0.717) is 77.0 Å². The minimum Gasteiger partial charge on any atom is -0.858 e. The van der Waals surface area contributed by atoms with Crippen molar-refractivity contribution in [2.24, 2.45) is 4.99 Å². The van der Waals surface area contributed by atoms with Gasteiger partial charge < -0.3 is 24.0 Å². The first-order valence-electron chi connectivity index (χ1n) is 15.9. The second-order valence-electron chi connectivity index (χ2n) is 12.8. The first-order chi connectivity index (χ1) is 22.9. The summed E-state index contributed by atoms with van der Waals surface area (Å²) in [4.78, 5) is 19.1. The zero-order valence-corrected chi connectivity index (χ0v) is 28.4. The van der Waals surface area contributed by atoms with E-state index in [1.807, 2.05) is 58.4 Å². The van der Waals surface area contributed by atoms with Crippen molar-refractivity contribution < 1.29 is 32.6 Å². The van der Waals surface area contributed by atoms with E-state index in [1.165, 1.54) is 4.68 Å². The number of hydrogen-bond acceptors (Lipinski definition) is 6. The normalized spacial score (nSPS) is 13.6. The number of ether oxygens (including phenoxy) is 2. The third-order valence-electron chi connectivity index (χ3n) is 8.05. The molecule has 0 saturated heterocycles. The van der Waals surface area contributed by atoms with E-state index in [9.17, 15) is 9.90 Å². The molecule has 0 radical (unpaired) electrons. The van der Waals surface area contributed by atoms with E-state index in [4.69, 9.17) is 21.1 Å². The minimum absolute atomic E-state index is 0.0462. The van der Waals surface area contributed by atoms with Crippen molar-refractivity contribution in [2.75, 3.05) is 58.9 Å². The Morgan fingerprint density at radius 1 is 1.15 bits per heavy atom. The number of nitrogens with zero attached hydrogens (tertiary/aromatic N) is 5. The van der Waals surface area contributed by atoms with E-state index in [1.54, 1.807) is 23.4 Å². The van der Waals surface area contributed by atoms with Crippen LogP contribution in [0.15, 0.2) is 65.9 Å². The van der Waals surface area contributed by atoms with Crippen LogP contribution in [0.25, 0.3) is 11.1 Å². The molecule has 48 heavy (non-hydrogen) atoms. The van der Waals surface area contributed by atoms with Crippen LogP contribution in [0.3, 0.4) is 0 Å². The number of carbonyl (C=O) groups is 1. The minimum atomic E-state index is -0.851. The lowest BCUT2D eigenvalue weighted by atomic mass is 10.1. The topological polar surface area (TPSA) is 92.0 Å². The van der Waals surface area contributed by atoms with Crippen molar-refractivity contribution in [3.63, 3.8) is 0 Å². The van der Waals surface area contributed by atoms with Gasteiger partial charge in [-0.15, -0.1) is 0 Å². The molecule has 1 aromatic heterocycles. The van der Waals surface area contributed by atoms with Gasteiger partial charge in [0.15, 0.2) is 5.75 Å². The van der Waals surface area contributed by atoms with E-state index in [0.717, 1.165) is 17.7 Å². The molecule has 4 aromatic rings.